The minimum Gasteiger partial charge on any atom is -0.469 e. The molecule has 0 aliphatic heterocycles. The molecule has 2 unspecified atom stereocenters. The molecular weight excluding hydrogens is 374 g/mol. The van der Waals surface area contributed by atoms with Crippen LogP contribution in [0.5, 0.6) is 0 Å². The van der Waals surface area contributed by atoms with Crippen LogP contribution in [0.25, 0.3) is 0 Å². The van der Waals surface area contributed by atoms with E-state index in [1.165, 1.54) is 7.11 Å². The van der Waals surface area contributed by atoms with Crippen molar-refractivity contribution in [2.45, 2.75) is 77.7 Å². The number of hydrogen-bond acceptors (Lipinski definition) is 7. The zero-order valence-electron chi connectivity index (χ0n) is 17.9. The second-order valence-corrected chi connectivity index (χ2v) is 7.16. The van der Waals surface area contributed by atoms with Crippen molar-refractivity contribution in [2.75, 3.05) is 13.7 Å². The second kappa shape index (κ2) is 13.9. The highest BCUT2D eigenvalue weighted by Crippen LogP contribution is 2.38. The normalized spacial score (nSPS) is 17.4. The van der Waals surface area contributed by atoms with E-state index in [1.807, 2.05) is 19.1 Å². The van der Waals surface area contributed by atoms with E-state index in [0.717, 1.165) is 37.7 Å². The Hall–Kier alpha value is -2.15. The second-order valence-electron chi connectivity index (χ2n) is 7.16. The molecule has 2 N–H and O–H groups in total. The lowest BCUT2D eigenvalue weighted by molar-refractivity contribution is -0.154. The van der Waals surface area contributed by atoms with Gasteiger partial charge in [0.15, 0.2) is 0 Å². The Morgan fingerprint density at radius 2 is 1.93 bits per heavy atom. The number of rotatable bonds is 13. The van der Waals surface area contributed by atoms with E-state index < -0.39 is 18.0 Å². The fraction of sp³-hybridized carbons (Fsp3) is 0.682. The summed E-state index contributed by atoms with van der Waals surface area (Å²) in [5, 5.41) is 0. The maximum absolute atomic E-state index is 12.3. The summed E-state index contributed by atoms with van der Waals surface area (Å²) in [5.41, 5.74) is 6.68. The molecule has 0 saturated heterocycles. The largest absolute Gasteiger partial charge is 0.469 e. The fourth-order valence-corrected chi connectivity index (χ4v) is 3.29. The van der Waals surface area contributed by atoms with Crippen LogP contribution in [0.2, 0.25) is 0 Å². The first-order valence-electron chi connectivity index (χ1n) is 10.5. The standard InChI is InChI=1S/C22H35NO6/c1-4-6-8-10-14-28-21(25)20(23)22(26)29-18-13-12-16(15-19(24)27-3)17(18)11-9-7-5-2/h6,8,16,20H,4-5,7,9-15,23H2,1-3H3/b8-6-. The van der Waals surface area contributed by atoms with Gasteiger partial charge in [-0.3, -0.25) is 4.79 Å². The van der Waals surface area contributed by atoms with Crippen LogP contribution >= 0.6 is 0 Å². The monoisotopic (exact) mass is 409 g/mol. The van der Waals surface area contributed by atoms with E-state index in [1.54, 1.807) is 0 Å². The van der Waals surface area contributed by atoms with E-state index in [-0.39, 0.29) is 24.9 Å². The third-order valence-electron chi connectivity index (χ3n) is 4.92. The molecule has 0 aromatic rings. The van der Waals surface area contributed by atoms with Crippen molar-refractivity contribution in [3.8, 4) is 0 Å². The molecule has 0 bridgehead atoms. The van der Waals surface area contributed by atoms with E-state index in [4.69, 9.17) is 19.9 Å². The summed E-state index contributed by atoms with van der Waals surface area (Å²) >= 11 is 0. The number of allylic oxidation sites excluding steroid dienone is 3. The molecule has 0 saturated carbocycles. The molecule has 7 nitrogen and oxygen atoms in total. The summed E-state index contributed by atoms with van der Waals surface area (Å²) in [7, 11) is 1.36. The summed E-state index contributed by atoms with van der Waals surface area (Å²) < 4.78 is 15.3. The van der Waals surface area contributed by atoms with Crippen LogP contribution in [0.15, 0.2) is 23.5 Å². The predicted octanol–water partition coefficient (Wildman–Crippen LogP) is 3.56. The number of methoxy groups -OCH3 is 1. The van der Waals surface area contributed by atoms with Crippen LogP contribution in [0, 0.1) is 5.92 Å². The molecule has 0 amide bonds. The van der Waals surface area contributed by atoms with Crippen molar-refractivity contribution >= 4 is 17.9 Å². The van der Waals surface area contributed by atoms with Crippen molar-refractivity contribution in [1.29, 1.82) is 0 Å². The van der Waals surface area contributed by atoms with Crippen molar-refractivity contribution in [3.63, 3.8) is 0 Å². The van der Waals surface area contributed by atoms with Gasteiger partial charge in [0.05, 0.1) is 20.1 Å². The van der Waals surface area contributed by atoms with Crippen LogP contribution in [-0.2, 0) is 28.6 Å². The molecule has 164 valence electrons. The molecule has 0 aromatic heterocycles. The smallest absolute Gasteiger partial charge is 0.339 e. The van der Waals surface area contributed by atoms with Gasteiger partial charge in [0.25, 0.3) is 0 Å². The highest BCUT2D eigenvalue weighted by molar-refractivity contribution is 5.99. The number of esters is 3. The van der Waals surface area contributed by atoms with Gasteiger partial charge in [-0.05, 0) is 43.6 Å². The third-order valence-corrected chi connectivity index (χ3v) is 4.92. The summed E-state index contributed by atoms with van der Waals surface area (Å²) in [6.45, 7) is 4.29. The van der Waals surface area contributed by atoms with Crippen LogP contribution in [0.1, 0.15) is 71.6 Å². The minimum atomic E-state index is -1.48. The first kappa shape index (κ1) is 24.9. The SMILES string of the molecule is CC/C=C\CCOC(=O)C(N)C(=O)OC1=C(CCCCC)C(CC(=O)OC)CC1. The lowest BCUT2D eigenvalue weighted by atomic mass is 9.93. The van der Waals surface area contributed by atoms with Gasteiger partial charge < -0.3 is 19.9 Å². The zero-order valence-corrected chi connectivity index (χ0v) is 17.9. The van der Waals surface area contributed by atoms with Crippen molar-refractivity contribution in [1.82, 2.24) is 0 Å². The van der Waals surface area contributed by atoms with Crippen LogP contribution in [0.4, 0.5) is 0 Å². The number of carbonyl (C=O) groups is 3. The summed E-state index contributed by atoms with van der Waals surface area (Å²) in [4.78, 5) is 36.0. The zero-order chi connectivity index (χ0) is 21.6. The fourth-order valence-electron chi connectivity index (χ4n) is 3.29. The summed E-state index contributed by atoms with van der Waals surface area (Å²) in [6, 6.07) is -1.48. The third kappa shape index (κ3) is 8.81. The Bertz CT molecular complexity index is 610. The van der Waals surface area contributed by atoms with Gasteiger partial charge in [-0.15, -0.1) is 0 Å². The van der Waals surface area contributed by atoms with E-state index >= 15 is 0 Å². The van der Waals surface area contributed by atoms with E-state index in [9.17, 15) is 14.4 Å². The molecule has 0 fully saturated rings. The molecule has 29 heavy (non-hydrogen) atoms. The average Bonchev–Trinajstić information content (AvgIpc) is 3.08. The first-order valence-corrected chi connectivity index (χ1v) is 10.5. The molecule has 2 atom stereocenters. The molecule has 1 rings (SSSR count). The Labute approximate surface area is 173 Å². The minimum absolute atomic E-state index is 0.00404. The first-order chi connectivity index (χ1) is 13.9. The van der Waals surface area contributed by atoms with E-state index in [0.29, 0.717) is 25.0 Å². The van der Waals surface area contributed by atoms with Crippen LogP contribution < -0.4 is 5.73 Å². The van der Waals surface area contributed by atoms with Gasteiger partial charge in [-0.2, -0.15) is 0 Å². The molecule has 0 aromatic carbocycles. The molecule has 7 heteroatoms. The number of nitrogens with two attached hydrogens (primary N) is 1. The quantitative estimate of drug-likeness (QED) is 0.163. The molecule has 0 spiro atoms. The summed E-state index contributed by atoms with van der Waals surface area (Å²) in [6.07, 6.45) is 10.7. The maximum Gasteiger partial charge on any atom is 0.339 e. The summed E-state index contributed by atoms with van der Waals surface area (Å²) in [5.74, 6) is -1.37. The number of ether oxygens (including phenoxy) is 3. The lowest BCUT2D eigenvalue weighted by Crippen LogP contribution is -2.41. The lowest BCUT2D eigenvalue weighted by Gasteiger charge is -2.16. The maximum atomic E-state index is 12.3. The Morgan fingerprint density at radius 1 is 1.17 bits per heavy atom. The number of unbranched alkanes of at least 4 members (excludes halogenated alkanes) is 2. The van der Waals surface area contributed by atoms with Gasteiger partial charge in [0.1, 0.15) is 5.76 Å². The van der Waals surface area contributed by atoms with Crippen LogP contribution in [0.3, 0.4) is 0 Å². The molecule has 0 radical (unpaired) electrons. The Balaban J connectivity index is 2.70. The molecule has 1 aliphatic carbocycles. The van der Waals surface area contributed by atoms with Crippen molar-refractivity contribution < 1.29 is 28.6 Å². The van der Waals surface area contributed by atoms with Gasteiger partial charge >= 0.3 is 17.9 Å². The van der Waals surface area contributed by atoms with E-state index in [2.05, 4.69) is 6.92 Å². The topological polar surface area (TPSA) is 105 Å². The Kier molecular flexibility index (Phi) is 12.0. The van der Waals surface area contributed by atoms with Crippen molar-refractivity contribution in [2.24, 2.45) is 11.7 Å². The van der Waals surface area contributed by atoms with Gasteiger partial charge in [0.2, 0.25) is 6.04 Å². The van der Waals surface area contributed by atoms with Crippen LogP contribution in [-0.4, -0.2) is 37.7 Å². The number of carbonyl (C=O) groups excluding carboxylic acids is 3. The average molecular weight is 410 g/mol. The molecular formula is C22H35NO6. The number of hydrogen-bond donors (Lipinski definition) is 1. The highest BCUT2D eigenvalue weighted by atomic mass is 16.6. The van der Waals surface area contributed by atoms with Gasteiger partial charge in [0, 0.05) is 6.42 Å². The van der Waals surface area contributed by atoms with Gasteiger partial charge in [-0.25, -0.2) is 9.59 Å². The predicted molar refractivity (Wildman–Crippen MR) is 110 cm³/mol. The van der Waals surface area contributed by atoms with Crippen molar-refractivity contribution in [3.05, 3.63) is 23.5 Å². The van der Waals surface area contributed by atoms with Gasteiger partial charge in [-0.1, -0.05) is 38.8 Å². The molecule has 1 aliphatic rings. The highest BCUT2D eigenvalue weighted by Gasteiger charge is 2.32. The molecule has 0 heterocycles. The Morgan fingerprint density at radius 3 is 2.59 bits per heavy atom.